The minimum atomic E-state index is 0.585. The lowest BCUT2D eigenvalue weighted by Gasteiger charge is -2.04. The van der Waals surface area contributed by atoms with E-state index >= 15 is 0 Å². The fraction of sp³-hybridized carbons (Fsp3) is 1.00. The molecule has 0 spiro atoms. The Hall–Kier alpha value is 0.310. The topological polar surface area (TPSA) is 12.5 Å². The Morgan fingerprint density at radius 2 is 2.44 bits per heavy atom. The molecule has 1 aliphatic rings. The third kappa shape index (κ3) is 2.59. The van der Waals surface area contributed by atoms with Crippen LogP contribution in [0.5, 0.6) is 0 Å². The minimum absolute atomic E-state index is 0.585. The van der Waals surface area contributed by atoms with Crippen LogP contribution < -0.4 is 0 Å². The average Bonchev–Trinajstić information content (AvgIpc) is 2.63. The van der Waals surface area contributed by atoms with Crippen molar-refractivity contribution in [3.8, 4) is 0 Å². The Labute approximate surface area is 61.2 Å². The normalized spacial score (nSPS) is 28.0. The van der Waals surface area contributed by atoms with E-state index in [2.05, 4.69) is 13.8 Å². The maximum absolute atomic E-state index is 5.15. The van der Waals surface area contributed by atoms with Crippen molar-refractivity contribution >= 4 is 11.8 Å². The first-order valence-corrected chi connectivity index (χ1v) is 4.62. The number of ether oxygens (including phenoxy) is 1. The van der Waals surface area contributed by atoms with Crippen molar-refractivity contribution < 1.29 is 4.74 Å². The van der Waals surface area contributed by atoms with Gasteiger partial charge >= 0.3 is 0 Å². The van der Waals surface area contributed by atoms with Crippen LogP contribution in [0.1, 0.15) is 20.3 Å². The summed E-state index contributed by atoms with van der Waals surface area (Å²) in [5, 5.41) is 0.727. The molecule has 1 heterocycles. The van der Waals surface area contributed by atoms with Gasteiger partial charge in [0.15, 0.2) is 0 Å². The number of hydrogen-bond donors (Lipinski definition) is 0. The van der Waals surface area contributed by atoms with Crippen LogP contribution in [0.4, 0.5) is 0 Å². The maximum atomic E-state index is 5.15. The van der Waals surface area contributed by atoms with E-state index in [1.54, 1.807) is 0 Å². The van der Waals surface area contributed by atoms with Gasteiger partial charge in [-0.25, -0.2) is 0 Å². The van der Waals surface area contributed by atoms with Crippen molar-refractivity contribution in [2.45, 2.75) is 31.6 Å². The molecule has 0 bridgehead atoms. The average molecular weight is 146 g/mol. The lowest BCUT2D eigenvalue weighted by atomic mass is 10.4. The molecule has 0 amide bonds. The van der Waals surface area contributed by atoms with Crippen molar-refractivity contribution in [2.24, 2.45) is 0 Å². The highest BCUT2D eigenvalue weighted by atomic mass is 32.2. The molecule has 1 rings (SSSR count). The summed E-state index contributed by atoms with van der Waals surface area (Å²) < 4.78 is 5.15. The fourth-order valence-electron chi connectivity index (χ4n) is 0.738. The van der Waals surface area contributed by atoms with Gasteiger partial charge in [-0.3, -0.25) is 0 Å². The number of hydrogen-bond acceptors (Lipinski definition) is 2. The van der Waals surface area contributed by atoms with E-state index in [4.69, 9.17) is 4.74 Å². The molecule has 1 nitrogen and oxygen atoms in total. The van der Waals surface area contributed by atoms with Crippen LogP contribution in [0.25, 0.3) is 0 Å². The Kier molecular flexibility index (Phi) is 2.86. The SMILES string of the molecule is CCCSC(C)C1CO1. The van der Waals surface area contributed by atoms with Gasteiger partial charge in [0.05, 0.1) is 12.7 Å². The summed E-state index contributed by atoms with van der Waals surface area (Å²) in [6.07, 6.45) is 1.86. The molecule has 0 aliphatic carbocycles. The largest absolute Gasteiger partial charge is 0.372 e. The lowest BCUT2D eigenvalue weighted by molar-refractivity contribution is 0.407. The van der Waals surface area contributed by atoms with Gasteiger partial charge in [0.2, 0.25) is 0 Å². The second-order valence-corrected chi connectivity index (χ2v) is 3.93. The van der Waals surface area contributed by atoms with Crippen LogP contribution in [0, 0.1) is 0 Å². The highest BCUT2D eigenvalue weighted by molar-refractivity contribution is 7.99. The molecule has 1 saturated heterocycles. The quantitative estimate of drug-likeness (QED) is 0.562. The predicted octanol–water partition coefficient (Wildman–Crippen LogP) is 1.92. The van der Waals surface area contributed by atoms with Gasteiger partial charge in [0.25, 0.3) is 0 Å². The molecular weight excluding hydrogens is 132 g/mol. The van der Waals surface area contributed by atoms with Crippen molar-refractivity contribution in [1.29, 1.82) is 0 Å². The van der Waals surface area contributed by atoms with E-state index < -0.39 is 0 Å². The summed E-state index contributed by atoms with van der Waals surface area (Å²) >= 11 is 2.02. The molecule has 0 aromatic carbocycles. The first-order chi connectivity index (χ1) is 4.34. The summed E-state index contributed by atoms with van der Waals surface area (Å²) in [6.45, 7) is 5.46. The highest BCUT2D eigenvalue weighted by Gasteiger charge is 2.28. The smallest absolute Gasteiger partial charge is 0.0925 e. The molecule has 1 fully saturated rings. The summed E-state index contributed by atoms with van der Waals surface area (Å²) in [6, 6.07) is 0. The third-order valence-corrected chi connectivity index (χ3v) is 2.94. The maximum Gasteiger partial charge on any atom is 0.0925 e. The Morgan fingerprint density at radius 1 is 1.78 bits per heavy atom. The van der Waals surface area contributed by atoms with Gasteiger partial charge in [-0.05, 0) is 12.2 Å². The number of rotatable bonds is 4. The van der Waals surface area contributed by atoms with E-state index in [0.717, 1.165) is 11.9 Å². The summed E-state index contributed by atoms with van der Waals surface area (Å²) in [5.74, 6) is 1.28. The monoisotopic (exact) mass is 146 g/mol. The molecule has 0 aromatic rings. The molecule has 2 unspecified atom stereocenters. The van der Waals surface area contributed by atoms with Gasteiger partial charge in [-0.1, -0.05) is 13.8 Å². The van der Waals surface area contributed by atoms with Gasteiger partial charge in [-0.2, -0.15) is 11.8 Å². The van der Waals surface area contributed by atoms with Crippen LogP contribution in [-0.2, 0) is 4.74 Å². The summed E-state index contributed by atoms with van der Waals surface area (Å²) in [7, 11) is 0. The van der Waals surface area contributed by atoms with Crippen LogP contribution in [-0.4, -0.2) is 23.7 Å². The Balaban J connectivity index is 1.96. The third-order valence-electron chi connectivity index (χ3n) is 1.47. The Bertz CT molecular complexity index is 81.0. The zero-order valence-electron chi connectivity index (χ0n) is 6.09. The van der Waals surface area contributed by atoms with Crippen molar-refractivity contribution in [1.82, 2.24) is 0 Å². The van der Waals surface area contributed by atoms with Gasteiger partial charge in [0.1, 0.15) is 0 Å². The van der Waals surface area contributed by atoms with Crippen molar-refractivity contribution in [2.75, 3.05) is 12.4 Å². The van der Waals surface area contributed by atoms with Crippen LogP contribution in [0.3, 0.4) is 0 Å². The highest BCUT2D eigenvalue weighted by Crippen LogP contribution is 2.24. The van der Waals surface area contributed by atoms with Crippen LogP contribution >= 0.6 is 11.8 Å². The first kappa shape index (κ1) is 7.42. The molecule has 2 atom stereocenters. The molecule has 0 aromatic heterocycles. The molecule has 1 aliphatic heterocycles. The summed E-state index contributed by atoms with van der Waals surface area (Å²) in [5.41, 5.74) is 0. The second kappa shape index (κ2) is 3.47. The predicted molar refractivity (Wildman–Crippen MR) is 42.0 cm³/mol. The van der Waals surface area contributed by atoms with Gasteiger partial charge in [0, 0.05) is 5.25 Å². The zero-order chi connectivity index (χ0) is 6.69. The van der Waals surface area contributed by atoms with E-state index in [0.29, 0.717) is 6.10 Å². The molecule has 54 valence electrons. The Morgan fingerprint density at radius 3 is 2.89 bits per heavy atom. The van der Waals surface area contributed by atoms with Crippen molar-refractivity contribution in [3.63, 3.8) is 0 Å². The minimum Gasteiger partial charge on any atom is -0.372 e. The van der Waals surface area contributed by atoms with E-state index in [1.807, 2.05) is 11.8 Å². The molecular formula is C7H14OS. The van der Waals surface area contributed by atoms with E-state index in [1.165, 1.54) is 12.2 Å². The number of epoxide rings is 1. The fourth-order valence-corrected chi connectivity index (χ4v) is 1.72. The van der Waals surface area contributed by atoms with Crippen LogP contribution in [0.2, 0.25) is 0 Å². The molecule has 0 radical (unpaired) electrons. The summed E-state index contributed by atoms with van der Waals surface area (Å²) in [4.78, 5) is 0. The second-order valence-electron chi connectivity index (χ2n) is 2.45. The molecule has 9 heavy (non-hydrogen) atoms. The van der Waals surface area contributed by atoms with Gasteiger partial charge in [-0.15, -0.1) is 0 Å². The van der Waals surface area contributed by atoms with E-state index in [-0.39, 0.29) is 0 Å². The van der Waals surface area contributed by atoms with E-state index in [9.17, 15) is 0 Å². The molecule has 0 saturated carbocycles. The van der Waals surface area contributed by atoms with Crippen LogP contribution in [0.15, 0.2) is 0 Å². The van der Waals surface area contributed by atoms with Crippen molar-refractivity contribution in [3.05, 3.63) is 0 Å². The molecule has 2 heteroatoms. The lowest BCUT2D eigenvalue weighted by Crippen LogP contribution is -2.05. The van der Waals surface area contributed by atoms with Gasteiger partial charge < -0.3 is 4.74 Å². The molecule has 0 N–H and O–H groups in total. The zero-order valence-corrected chi connectivity index (χ0v) is 6.91. The first-order valence-electron chi connectivity index (χ1n) is 3.57. The number of thioether (sulfide) groups is 1. The standard InChI is InChI=1S/C7H14OS/c1-3-4-9-6(2)7-5-8-7/h6-7H,3-5H2,1-2H3.